The van der Waals surface area contributed by atoms with E-state index in [1.54, 1.807) is 0 Å². The first-order valence-electron chi connectivity index (χ1n) is 7.36. The van der Waals surface area contributed by atoms with Crippen LogP contribution in [0, 0.1) is 0 Å². The van der Waals surface area contributed by atoms with Crippen molar-refractivity contribution in [3.8, 4) is 0 Å². The Morgan fingerprint density at radius 3 is 2.42 bits per heavy atom. The van der Waals surface area contributed by atoms with E-state index in [9.17, 15) is 8.42 Å². The molecule has 2 aliphatic rings. The van der Waals surface area contributed by atoms with Gasteiger partial charge >= 0.3 is 0 Å². The fraction of sp³-hybridized carbons (Fsp3) is 0.923. The lowest BCUT2D eigenvalue weighted by Gasteiger charge is -2.23. The summed E-state index contributed by atoms with van der Waals surface area (Å²) in [6.07, 6.45) is 7.32. The van der Waals surface area contributed by atoms with Gasteiger partial charge < -0.3 is 10.6 Å². The summed E-state index contributed by atoms with van der Waals surface area (Å²) in [7, 11) is -2.94. The van der Waals surface area contributed by atoms with Crippen molar-refractivity contribution >= 4 is 15.8 Å². The zero-order valence-electron chi connectivity index (χ0n) is 11.6. The smallest absolute Gasteiger partial charge is 0.191 e. The highest BCUT2D eigenvalue weighted by Crippen LogP contribution is 2.19. The van der Waals surface area contributed by atoms with Crippen LogP contribution in [0.2, 0.25) is 0 Å². The van der Waals surface area contributed by atoms with Gasteiger partial charge in [0.05, 0.1) is 17.5 Å². The second kappa shape index (κ2) is 6.59. The second-order valence-electron chi connectivity index (χ2n) is 5.58. The van der Waals surface area contributed by atoms with E-state index in [0.29, 0.717) is 18.3 Å². The van der Waals surface area contributed by atoms with Crippen LogP contribution in [0.25, 0.3) is 0 Å². The van der Waals surface area contributed by atoms with Crippen LogP contribution < -0.4 is 5.73 Å². The molecule has 5 nitrogen and oxygen atoms in total. The average molecular weight is 287 g/mol. The highest BCUT2D eigenvalue weighted by molar-refractivity contribution is 7.92. The quantitative estimate of drug-likeness (QED) is 0.610. The number of sulfone groups is 1. The molecule has 0 aliphatic carbocycles. The minimum absolute atomic E-state index is 0.313. The first kappa shape index (κ1) is 14.6. The lowest BCUT2D eigenvalue weighted by Crippen LogP contribution is -2.39. The highest BCUT2D eigenvalue weighted by atomic mass is 32.2. The normalized spacial score (nSPS) is 28.9. The maximum absolute atomic E-state index is 11.9. The molecule has 1 unspecified atom stereocenters. The largest absolute Gasteiger partial charge is 0.370 e. The van der Waals surface area contributed by atoms with E-state index in [2.05, 4.69) is 9.89 Å². The lowest BCUT2D eigenvalue weighted by molar-refractivity contribution is 0.428. The summed E-state index contributed by atoms with van der Waals surface area (Å²) in [6.45, 7) is 2.24. The van der Waals surface area contributed by atoms with Crippen molar-refractivity contribution in [3.63, 3.8) is 0 Å². The standard InChI is InChI=1S/C13H25N3O2S/c14-13(16-8-4-1-2-5-9-16)15-11-12-7-3-6-10-19(12,17)18/h12H,1-11H2,(H2,14,15). The van der Waals surface area contributed by atoms with Crippen molar-refractivity contribution in [2.45, 2.75) is 50.2 Å². The van der Waals surface area contributed by atoms with Crippen molar-refractivity contribution in [1.29, 1.82) is 0 Å². The van der Waals surface area contributed by atoms with Gasteiger partial charge in [-0.1, -0.05) is 19.3 Å². The summed E-state index contributed by atoms with van der Waals surface area (Å²) in [5.41, 5.74) is 6.00. The van der Waals surface area contributed by atoms with Crippen molar-refractivity contribution in [2.24, 2.45) is 10.7 Å². The molecule has 0 amide bonds. The molecular weight excluding hydrogens is 262 g/mol. The van der Waals surface area contributed by atoms with Crippen molar-refractivity contribution in [3.05, 3.63) is 0 Å². The Labute approximate surface area is 116 Å². The third-order valence-electron chi connectivity index (χ3n) is 4.10. The Balaban J connectivity index is 1.93. The van der Waals surface area contributed by atoms with Crippen LogP contribution >= 0.6 is 0 Å². The average Bonchev–Trinajstić information content (AvgIpc) is 2.65. The molecule has 110 valence electrons. The van der Waals surface area contributed by atoms with E-state index in [1.807, 2.05) is 0 Å². The fourth-order valence-electron chi connectivity index (χ4n) is 2.82. The minimum Gasteiger partial charge on any atom is -0.370 e. The third-order valence-corrected chi connectivity index (χ3v) is 6.36. The van der Waals surface area contributed by atoms with Gasteiger partial charge in [0, 0.05) is 13.1 Å². The number of rotatable bonds is 2. The molecule has 1 atom stereocenters. The van der Waals surface area contributed by atoms with E-state index in [0.717, 1.165) is 45.2 Å². The summed E-state index contributed by atoms with van der Waals surface area (Å²) in [5, 5.41) is -0.313. The number of hydrogen-bond acceptors (Lipinski definition) is 3. The van der Waals surface area contributed by atoms with Gasteiger partial charge in [-0.05, 0) is 25.7 Å². The van der Waals surface area contributed by atoms with E-state index in [4.69, 9.17) is 5.73 Å². The predicted molar refractivity (Wildman–Crippen MR) is 78.0 cm³/mol. The number of hydrogen-bond donors (Lipinski definition) is 1. The zero-order chi connectivity index (χ0) is 13.7. The van der Waals surface area contributed by atoms with Gasteiger partial charge in [0.25, 0.3) is 0 Å². The molecule has 6 heteroatoms. The second-order valence-corrected chi connectivity index (χ2v) is 7.99. The predicted octanol–water partition coefficient (Wildman–Crippen LogP) is 1.14. The molecule has 0 aromatic heterocycles. The highest BCUT2D eigenvalue weighted by Gasteiger charge is 2.28. The SMILES string of the molecule is NC(=NCC1CCCCS1(=O)=O)N1CCCCCC1. The van der Waals surface area contributed by atoms with Crippen molar-refractivity contribution in [1.82, 2.24) is 4.90 Å². The molecule has 0 radical (unpaired) electrons. The lowest BCUT2D eigenvalue weighted by atomic mass is 10.2. The fourth-order valence-corrected chi connectivity index (χ4v) is 4.59. The first-order chi connectivity index (χ1) is 9.09. The van der Waals surface area contributed by atoms with E-state index in [-0.39, 0.29) is 5.25 Å². The maximum Gasteiger partial charge on any atom is 0.191 e. The van der Waals surface area contributed by atoms with Gasteiger partial charge in [-0.2, -0.15) is 0 Å². The Kier molecular flexibility index (Phi) is 5.07. The molecule has 2 fully saturated rings. The van der Waals surface area contributed by atoms with E-state index < -0.39 is 9.84 Å². The molecular formula is C13H25N3O2S. The van der Waals surface area contributed by atoms with Crippen molar-refractivity contribution < 1.29 is 8.42 Å². The topological polar surface area (TPSA) is 75.8 Å². The zero-order valence-corrected chi connectivity index (χ0v) is 12.4. The Bertz CT molecular complexity index is 412. The molecule has 2 saturated heterocycles. The summed E-state index contributed by atoms with van der Waals surface area (Å²) < 4.78 is 23.8. The van der Waals surface area contributed by atoms with Crippen LogP contribution in [-0.2, 0) is 9.84 Å². The van der Waals surface area contributed by atoms with Gasteiger partial charge in [-0.25, -0.2) is 8.42 Å². The third kappa shape index (κ3) is 4.09. The van der Waals surface area contributed by atoms with Crippen LogP contribution in [0.5, 0.6) is 0 Å². The molecule has 0 spiro atoms. The number of likely N-dealkylation sites (tertiary alicyclic amines) is 1. The van der Waals surface area contributed by atoms with Crippen LogP contribution in [0.3, 0.4) is 0 Å². The molecule has 0 aromatic carbocycles. The molecule has 0 saturated carbocycles. The molecule has 0 aromatic rings. The van der Waals surface area contributed by atoms with Gasteiger partial charge in [0.2, 0.25) is 0 Å². The molecule has 2 aliphatic heterocycles. The minimum atomic E-state index is -2.94. The number of guanidine groups is 1. The van der Waals surface area contributed by atoms with Crippen LogP contribution in [0.15, 0.2) is 4.99 Å². The van der Waals surface area contributed by atoms with Crippen LogP contribution in [-0.4, -0.2) is 49.9 Å². The van der Waals surface area contributed by atoms with Gasteiger partial charge in [0.1, 0.15) is 0 Å². The van der Waals surface area contributed by atoms with Gasteiger partial charge in [-0.3, -0.25) is 4.99 Å². The van der Waals surface area contributed by atoms with Crippen LogP contribution in [0.1, 0.15) is 44.9 Å². The van der Waals surface area contributed by atoms with Gasteiger partial charge in [-0.15, -0.1) is 0 Å². The number of nitrogens with two attached hydrogens (primary N) is 1. The summed E-state index contributed by atoms with van der Waals surface area (Å²) in [6, 6.07) is 0. The molecule has 2 rings (SSSR count). The molecule has 2 heterocycles. The first-order valence-corrected chi connectivity index (χ1v) is 9.07. The number of nitrogens with zero attached hydrogens (tertiary/aromatic N) is 2. The molecule has 0 bridgehead atoms. The Hall–Kier alpha value is -0.780. The van der Waals surface area contributed by atoms with Crippen LogP contribution in [0.4, 0.5) is 0 Å². The summed E-state index contributed by atoms with van der Waals surface area (Å²) in [4.78, 5) is 6.45. The Morgan fingerprint density at radius 2 is 1.79 bits per heavy atom. The summed E-state index contributed by atoms with van der Waals surface area (Å²) >= 11 is 0. The molecule has 19 heavy (non-hydrogen) atoms. The Morgan fingerprint density at radius 1 is 1.11 bits per heavy atom. The van der Waals surface area contributed by atoms with Crippen molar-refractivity contribution in [2.75, 3.05) is 25.4 Å². The van der Waals surface area contributed by atoms with E-state index >= 15 is 0 Å². The molecule has 2 N–H and O–H groups in total. The van der Waals surface area contributed by atoms with E-state index in [1.165, 1.54) is 12.8 Å². The van der Waals surface area contributed by atoms with Gasteiger partial charge in [0.15, 0.2) is 15.8 Å². The number of aliphatic imine (C=N–C) groups is 1. The summed E-state index contributed by atoms with van der Waals surface area (Å²) in [5.74, 6) is 0.847. The maximum atomic E-state index is 11.9. The monoisotopic (exact) mass is 287 g/mol.